The lowest BCUT2D eigenvalue weighted by atomic mass is 10.1. The fourth-order valence-electron chi connectivity index (χ4n) is 4.47. The average Bonchev–Trinajstić information content (AvgIpc) is 3.20. The minimum atomic E-state index is 0.748. The molecule has 0 unspecified atom stereocenters. The van der Waals surface area contributed by atoms with Crippen LogP contribution < -0.4 is 0 Å². The predicted molar refractivity (Wildman–Crippen MR) is 142 cm³/mol. The Hall–Kier alpha value is -3.46. The summed E-state index contributed by atoms with van der Waals surface area (Å²) in [5.74, 6) is 0. The maximum atomic E-state index is 6.55. The molecule has 0 aliphatic heterocycles. The van der Waals surface area contributed by atoms with Crippen molar-refractivity contribution in [3.63, 3.8) is 0 Å². The SMILES string of the molecule is Clc1cc(Sc2cccc3c2c2ccccc2n3-c2ccccc2)cc(-c2ccccc2)c1. The van der Waals surface area contributed by atoms with Gasteiger partial charge in [0.25, 0.3) is 0 Å². The van der Waals surface area contributed by atoms with Gasteiger partial charge in [-0.2, -0.15) is 0 Å². The Kier molecular flexibility index (Phi) is 5.18. The Morgan fingerprint density at radius 3 is 2.09 bits per heavy atom. The molecule has 0 radical (unpaired) electrons. The zero-order valence-electron chi connectivity index (χ0n) is 17.8. The summed E-state index contributed by atoms with van der Waals surface area (Å²) in [6.45, 7) is 0. The van der Waals surface area contributed by atoms with E-state index in [4.69, 9.17) is 11.6 Å². The molecule has 6 rings (SSSR count). The molecule has 0 amide bonds. The van der Waals surface area contributed by atoms with Gasteiger partial charge in [-0.25, -0.2) is 0 Å². The maximum Gasteiger partial charge on any atom is 0.0552 e. The van der Waals surface area contributed by atoms with Gasteiger partial charge < -0.3 is 4.57 Å². The van der Waals surface area contributed by atoms with Crippen molar-refractivity contribution in [3.8, 4) is 16.8 Å². The number of benzene rings is 5. The van der Waals surface area contributed by atoms with Crippen LogP contribution in [0.5, 0.6) is 0 Å². The molecule has 0 atom stereocenters. The summed E-state index contributed by atoms with van der Waals surface area (Å²) in [5.41, 5.74) is 5.88. The Labute approximate surface area is 202 Å². The largest absolute Gasteiger partial charge is 0.309 e. The van der Waals surface area contributed by atoms with E-state index >= 15 is 0 Å². The number of aromatic nitrogens is 1. The van der Waals surface area contributed by atoms with Crippen molar-refractivity contribution in [3.05, 3.63) is 126 Å². The molecule has 33 heavy (non-hydrogen) atoms. The third kappa shape index (κ3) is 3.72. The Bertz CT molecular complexity index is 1590. The lowest BCUT2D eigenvalue weighted by molar-refractivity contribution is 1.18. The van der Waals surface area contributed by atoms with Gasteiger partial charge in [0.15, 0.2) is 0 Å². The second-order valence-corrected chi connectivity index (χ2v) is 9.53. The second kappa shape index (κ2) is 8.47. The molecule has 0 saturated carbocycles. The molecule has 0 bridgehead atoms. The molecule has 0 spiro atoms. The number of nitrogens with zero attached hydrogens (tertiary/aromatic N) is 1. The van der Waals surface area contributed by atoms with Crippen LogP contribution in [0.3, 0.4) is 0 Å². The Balaban J connectivity index is 1.53. The molecule has 0 fully saturated rings. The summed E-state index contributed by atoms with van der Waals surface area (Å²) in [7, 11) is 0. The molecule has 0 N–H and O–H groups in total. The van der Waals surface area contributed by atoms with E-state index in [-0.39, 0.29) is 0 Å². The molecule has 6 aromatic rings. The Morgan fingerprint density at radius 2 is 1.27 bits per heavy atom. The van der Waals surface area contributed by atoms with Gasteiger partial charge in [0.2, 0.25) is 0 Å². The van der Waals surface area contributed by atoms with Gasteiger partial charge in [-0.3, -0.25) is 0 Å². The van der Waals surface area contributed by atoms with Gasteiger partial charge in [-0.1, -0.05) is 96.2 Å². The lowest BCUT2D eigenvalue weighted by Gasteiger charge is -2.10. The second-order valence-electron chi connectivity index (χ2n) is 7.98. The third-order valence-corrected chi connectivity index (χ3v) is 7.13. The van der Waals surface area contributed by atoms with Gasteiger partial charge in [-0.05, 0) is 59.7 Å². The number of hydrogen-bond donors (Lipinski definition) is 0. The molecule has 1 aromatic heterocycles. The molecular weight excluding hydrogens is 442 g/mol. The maximum absolute atomic E-state index is 6.55. The van der Waals surface area contributed by atoms with Crippen LogP contribution in [0.2, 0.25) is 5.02 Å². The zero-order chi connectivity index (χ0) is 22.2. The molecule has 1 heterocycles. The first kappa shape index (κ1) is 20.2. The van der Waals surface area contributed by atoms with E-state index in [0.717, 1.165) is 15.5 Å². The van der Waals surface area contributed by atoms with E-state index in [9.17, 15) is 0 Å². The highest BCUT2D eigenvalue weighted by Crippen LogP contribution is 2.41. The van der Waals surface area contributed by atoms with Crippen molar-refractivity contribution in [2.45, 2.75) is 9.79 Å². The highest BCUT2D eigenvalue weighted by Gasteiger charge is 2.15. The first-order chi connectivity index (χ1) is 16.3. The standard InChI is InChI=1S/C30H20ClNS/c31-23-18-22(21-10-3-1-4-11-21)19-25(20-23)33-29-17-9-16-28-30(29)26-14-7-8-15-27(26)32(28)24-12-5-2-6-13-24/h1-20H. The van der Waals surface area contributed by atoms with Crippen LogP contribution in [-0.2, 0) is 0 Å². The van der Waals surface area contributed by atoms with E-state index in [1.807, 2.05) is 18.2 Å². The smallest absolute Gasteiger partial charge is 0.0552 e. The summed E-state index contributed by atoms with van der Waals surface area (Å²) in [4.78, 5) is 2.35. The van der Waals surface area contributed by atoms with Crippen LogP contribution in [0.15, 0.2) is 131 Å². The monoisotopic (exact) mass is 461 g/mol. The minimum absolute atomic E-state index is 0.748. The molecule has 158 valence electrons. The van der Waals surface area contributed by atoms with Gasteiger partial charge >= 0.3 is 0 Å². The van der Waals surface area contributed by atoms with Crippen molar-refractivity contribution < 1.29 is 0 Å². The molecule has 0 aliphatic carbocycles. The molecule has 5 aromatic carbocycles. The van der Waals surface area contributed by atoms with Crippen LogP contribution in [0.1, 0.15) is 0 Å². The number of hydrogen-bond acceptors (Lipinski definition) is 1. The molecule has 3 heteroatoms. The normalized spacial score (nSPS) is 11.3. The van der Waals surface area contributed by atoms with Crippen molar-refractivity contribution in [2.24, 2.45) is 0 Å². The van der Waals surface area contributed by atoms with E-state index in [2.05, 4.69) is 108 Å². The van der Waals surface area contributed by atoms with E-state index in [0.29, 0.717) is 0 Å². The van der Waals surface area contributed by atoms with Crippen LogP contribution in [0, 0.1) is 0 Å². The lowest BCUT2D eigenvalue weighted by Crippen LogP contribution is -1.92. The zero-order valence-corrected chi connectivity index (χ0v) is 19.4. The summed E-state index contributed by atoms with van der Waals surface area (Å²) in [6.07, 6.45) is 0. The van der Waals surface area contributed by atoms with Gasteiger partial charge in [0.1, 0.15) is 0 Å². The predicted octanol–water partition coefficient (Wildman–Crippen LogP) is 9.26. The quantitative estimate of drug-likeness (QED) is 0.253. The van der Waals surface area contributed by atoms with Crippen molar-refractivity contribution in [1.29, 1.82) is 0 Å². The van der Waals surface area contributed by atoms with E-state index in [1.54, 1.807) is 11.8 Å². The first-order valence-corrected chi connectivity index (χ1v) is 12.1. The fraction of sp³-hybridized carbons (Fsp3) is 0. The average molecular weight is 462 g/mol. The third-order valence-electron chi connectivity index (χ3n) is 5.88. The summed E-state index contributed by atoms with van der Waals surface area (Å²) >= 11 is 8.31. The number of rotatable bonds is 4. The fourth-order valence-corrected chi connectivity index (χ4v) is 5.86. The van der Waals surface area contributed by atoms with Crippen LogP contribution >= 0.6 is 23.4 Å². The van der Waals surface area contributed by atoms with Crippen LogP contribution in [-0.4, -0.2) is 4.57 Å². The van der Waals surface area contributed by atoms with Crippen LogP contribution in [0.4, 0.5) is 0 Å². The summed E-state index contributed by atoms with van der Waals surface area (Å²) < 4.78 is 2.35. The van der Waals surface area contributed by atoms with Crippen LogP contribution in [0.25, 0.3) is 38.6 Å². The molecule has 1 nitrogen and oxygen atoms in total. The first-order valence-electron chi connectivity index (χ1n) is 10.9. The Morgan fingerprint density at radius 1 is 0.576 bits per heavy atom. The summed E-state index contributed by atoms with van der Waals surface area (Å²) in [6, 6.07) is 42.4. The topological polar surface area (TPSA) is 4.93 Å². The molecule has 0 saturated heterocycles. The van der Waals surface area contributed by atoms with Crippen molar-refractivity contribution in [2.75, 3.05) is 0 Å². The van der Waals surface area contributed by atoms with Gasteiger partial charge in [-0.15, -0.1) is 0 Å². The highest BCUT2D eigenvalue weighted by molar-refractivity contribution is 7.99. The van der Waals surface area contributed by atoms with Crippen molar-refractivity contribution in [1.82, 2.24) is 4.57 Å². The number of fused-ring (bicyclic) bond motifs is 3. The number of halogens is 1. The highest BCUT2D eigenvalue weighted by atomic mass is 35.5. The van der Waals surface area contributed by atoms with E-state index in [1.165, 1.54) is 38.0 Å². The summed E-state index contributed by atoms with van der Waals surface area (Å²) in [5, 5.41) is 3.27. The molecular formula is C30H20ClNS. The van der Waals surface area contributed by atoms with Gasteiger partial charge in [0.05, 0.1) is 11.0 Å². The van der Waals surface area contributed by atoms with Crippen molar-refractivity contribution >= 4 is 45.2 Å². The van der Waals surface area contributed by atoms with E-state index < -0.39 is 0 Å². The minimum Gasteiger partial charge on any atom is -0.309 e. The molecule has 0 aliphatic rings. The number of para-hydroxylation sites is 2. The van der Waals surface area contributed by atoms with Gasteiger partial charge in [0, 0.05) is 31.3 Å².